The predicted octanol–water partition coefficient (Wildman–Crippen LogP) is 7.75. The van der Waals surface area contributed by atoms with E-state index in [-0.39, 0.29) is 12.5 Å². The van der Waals surface area contributed by atoms with Crippen molar-refractivity contribution in [3.8, 4) is 0 Å². The Labute approximate surface area is 229 Å². The van der Waals surface area contributed by atoms with Crippen molar-refractivity contribution in [1.29, 1.82) is 0 Å². The van der Waals surface area contributed by atoms with Gasteiger partial charge in [0.15, 0.2) is 0 Å². The van der Waals surface area contributed by atoms with E-state index in [2.05, 4.69) is 31.3 Å². The zero-order valence-corrected chi connectivity index (χ0v) is 24.6. The smallest absolute Gasteiger partial charge is 0.220 e. The number of amides is 1. The highest BCUT2D eigenvalue weighted by Gasteiger charge is 2.26. The summed E-state index contributed by atoms with van der Waals surface area (Å²) in [4.78, 5) is 12.2. The summed E-state index contributed by atoms with van der Waals surface area (Å²) in [5, 5.41) is 33.1. The molecule has 37 heavy (non-hydrogen) atoms. The first kappa shape index (κ1) is 36.1. The molecule has 0 fully saturated rings. The predicted molar refractivity (Wildman–Crippen MR) is 158 cm³/mol. The molecule has 0 aromatic heterocycles. The molecule has 0 aliphatic rings. The van der Waals surface area contributed by atoms with Gasteiger partial charge in [0.05, 0.1) is 18.8 Å². The number of unbranched alkanes of at least 4 members (excludes halogenated alkanes) is 18. The lowest BCUT2D eigenvalue weighted by atomic mass is 10.0. The number of rotatable bonds is 28. The van der Waals surface area contributed by atoms with Crippen LogP contribution in [0.25, 0.3) is 0 Å². The molecule has 4 N–H and O–H groups in total. The van der Waals surface area contributed by atoms with Crippen molar-refractivity contribution in [2.45, 2.75) is 180 Å². The molecular formula is C32H63NO4. The summed E-state index contributed by atoms with van der Waals surface area (Å²) in [6, 6.07) is -0.817. The van der Waals surface area contributed by atoms with Gasteiger partial charge in [0.1, 0.15) is 6.10 Å². The second-order valence-corrected chi connectivity index (χ2v) is 11.0. The van der Waals surface area contributed by atoms with Crippen LogP contribution in [-0.2, 0) is 4.79 Å². The molecule has 0 aliphatic carbocycles. The van der Waals surface area contributed by atoms with Crippen molar-refractivity contribution in [3.05, 3.63) is 12.2 Å². The molecule has 220 valence electrons. The van der Waals surface area contributed by atoms with Gasteiger partial charge >= 0.3 is 0 Å². The fourth-order valence-electron chi connectivity index (χ4n) is 4.81. The number of hydrogen-bond acceptors (Lipinski definition) is 4. The van der Waals surface area contributed by atoms with E-state index in [1.807, 2.05) is 0 Å². The van der Waals surface area contributed by atoms with Gasteiger partial charge in [0.2, 0.25) is 5.91 Å². The first-order valence-electron chi connectivity index (χ1n) is 16.0. The molecule has 5 heteroatoms. The summed E-state index contributed by atoms with van der Waals surface area (Å²) in [5.74, 6) is -0.159. The largest absolute Gasteiger partial charge is 0.394 e. The van der Waals surface area contributed by atoms with Crippen molar-refractivity contribution in [2.24, 2.45) is 0 Å². The summed E-state index contributed by atoms with van der Waals surface area (Å²) in [6.07, 6.45) is 28.7. The number of nitrogens with one attached hydrogen (secondary N) is 1. The first-order valence-corrected chi connectivity index (χ1v) is 16.0. The van der Waals surface area contributed by atoms with E-state index in [1.165, 1.54) is 96.3 Å². The Morgan fingerprint density at radius 3 is 1.57 bits per heavy atom. The summed E-state index contributed by atoms with van der Waals surface area (Å²) >= 11 is 0. The normalized spacial score (nSPS) is 14.2. The zero-order chi connectivity index (χ0) is 27.4. The van der Waals surface area contributed by atoms with Gasteiger partial charge in [0, 0.05) is 6.42 Å². The molecule has 0 bridgehead atoms. The molecule has 0 aromatic rings. The van der Waals surface area contributed by atoms with Gasteiger partial charge in [-0.3, -0.25) is 4.79 Å². The fourth-order valence-corrected chi connectivity index (χ4v) is 4.81. The number of aliphatic hydroxyl groups is 3. The molecular weight excluding hydrogens is 462 g/mol. The third-order valence-electron chi connectivity index (χ3n) is 7.37. The van der Waals surface area contributed by atoms with Gasteiger partial charge in [-0.1, -0.05) is 129 Å². The van der Waals surface area contributed by atoms with Gasteiger partial charge in [0.25, 0.3) is 0 Å². The number of allylic oxidation sites excluding steroid dienone is 2. The average Bonchev–Trinajstić information content (AvgIpc) is 2.90. The Balaban J connectivity index is 3.80. The first-order chi connectivity index (χ1) is 18.1. The quantitative estimate of drug-likeness (QED) is 0.0621. The minimum atomic E-state index is -1.15. The van der Waals surface area contributed by atoms with Crippen molar-refractivity contribution < 1.29 is 20.1 Å². The molecule has 0 saturated heterocycles. The van der Waals surface area contributed by atoms with Crippen LogP contribution >= 0.6 is 0 Å². The van der Waals surface area contributed by atoms with E-state index < -0.39 is 18.2 Å². The summed E-state index contributed by atoms with van der Waals surface area (Å²) < 4.78 is 0. The van der Waals surface area contributed by atoms with Crippen LogP contribution in [0.2, 0.25) is 0 Å². The summed E-state index contributed by atoms with van der Waals surface area (Å²) in [7, 11) is 0. The van der Waals surface area contributed by atoms with Crippen LogP contribution in [0.15, 0.2) is 12.2 Å². The molecule has 3 atom stereocenters. The van der Waals surface area contributed by atoms with Gasteiger partial charge in [-0.15, -0.1) is 0 Å². The van der Waals surface area contributed by atoms with Gasteiger partial charge in [-0.05, 0) is 38.5 Å². The minimum Gasteiger partial charge on any atom is -0.394 e. The van der Waals surface area contributed by atoms with E-state index in [9.17, 15) is 20.1 Å². The molecule has 5 nitrogen and oxygen atoms in total. The third-order valence-corrected chi connectivity index (χ3v) is 7.37. The summed E-state index contributed by atoms with van der Waals surface area (Å²) in [6.45, 7) is 4.11. The number of hydrogen-bond donors (Lipinski definition) is 4. The van der Waals surface area contributed by atoms with E-state index in [0.717, 1.165) is 38.5 Å². The van der Waals surface area contributed by atoms with E-state index in [0.29, 0.717) is 12.8 Å². The maximum absolute atomic E-state index is 12.2. The maximum atomic E-state index is 12.2. The Morgan fingerprint density at radius 2 is 1.08 bits per heavy atom. The second-order valence-electron chi connectivity index (χ2n) is 11.0. The van der Waals surface area contributed by atoms with Crippen molar-refractivity contribution in [1.82, 2.24) is 5.32 Å². The van der Waals surface area contributed by atoms with Crippen LogP contribution in [0.5, 0.6) is 0 Å². The average molecular weight is 526 g/mol. The maximum Gasteiger partial charge on any atom is 0.220 e. The Hall–Kier alpha value is -0.910. The van der Waals surface area contributed by atoms with Crippen LogP contribution in [0.4, 0.5) is 0 Å². The van der Waals surface area contributed by atoms with Crippen molar-refractivity contribution in [3.63, 3.8) is 0 Å². The monoisotopic (exact) mass is 525 g/mol. The van der Waals surface area contributed by atoms with Crippen LogP contribution in [0.3, 0.4) is 0 Å². The topological polar surface area (TPSA) is 89.8 Å². The highest BCUT2D eigenvalue weighted by molar-refractivity contribution is 5.76. The van der Waals surface area contributed by atoms with E-state index in [1.54, 1.807) is 0 Å². The Kier molecular flexibility index (Phi) is 27.4. The lowest BCUT2D eigenvalue weighted by Crippen LogP contribution is -2.50. The SMILES string of the molecule is CCCCCCCCCC/C=C/CCCC(O)C(O)C(CO)NC(=O)CCCCCCCCCCCC. The zero-order valence-electron chi connectivity index (χ0n) is 24.6. The lowest BCUT2D eigenvalue weighted by molar-refractivity contribution is -0.124. The van der Waals surface area contributed by atoms with Gasteiger partial charge in [-0.25, -0.2) is 0 Å². The number of carbonyl (C=O) groups is 1. The van der Waals surface area contributed by atoms with Crippen LogP contribution in [0.1, 0.15) is 162 Å². The fraction of sp³-hybridized carbons (Fsp3) is 0.906. The second kappa shape index (κ2) is 28.1. The minimum absolute atomic E-state index is 0.159. The van der Waals surface area contributed by atoms with Crippen LogP contribution in [-0.4, -0.2) is 46.1 Å². The molecule has 0 spiro atoms. The molecule has 0 radical (unpaired) electrons. The highest BCUT2D eigenvalue weighted by Crippen LogP contribution is 2.13. The van der Waals surface area contributed by atoms with E-state index in [4.69, 9.17) is 0 Å². The van der Waals surface area contributed by atoms with Crippen LogP contribution in [0, 0.1) is 0 Å². The van der Waals surface area contributed by atoms with Gasteiger partial charge < -0.3 is 20.6 Å². The standard InChI is InChI=1S/C32H63NO4/c1-3-5-7-9-11-13-15-16-17-18-20-22-24-26-30(35)32(37)29(28-34)33-31(36)27-25-23-21-19-14-12-10-8-6-4-2/h18,20,29-30,32,34-35,37H,3-17,19,21-28H2,1-2H3,(H,33,36)/b20-18+. The van der Waals surface area contributed by atoms with Crippen LogP contribution < -0.4 is 5.32 Å². The highest BCUT2D eigenvalue weighted by atomic mass is 16.3. The summed E-state index contributed by atoms with van der Waals surface area (Å²) in [5.41, 5.74) is 0. The molecule has 0 rings (SSSR count). The Morgan fingerprint density at radius 1 is 0.649 bits per heavy atom. The third kappa shape index (κ3) is 23.9. The molecule has 0 heterocycles. The van der Waals surface area contributed by atoms with Crippen molar-refractivity contribution in [2.75, 3.05) is 6.61 Å². The molecule has 0 aromatic carbocycles. The van der Waals surface area contributed by atoms with Gasteiger partial charge in [-0.2, -0.15) is 0 Å². The van der Waals surface area contributed by atoms with E-state index >= 15 is 0 Å². The Bertz CT molecular complexity index is 511. The lowest BCUT2D eigenvalue weighted by Gasteiger charge is -2.26. The molecule has 3 unspecified atom stereocenters. The molecule has 1 amide bonds. The number of aliphatic hydroxyl groups excluding tert-OH is 3. The molecule has 0 saturated carbocycles. The number of carbonyl (C=O) groups excluding carboxylic acids is 1. The van der Waals surface area contributed by atoms with Crippen molar-refractivity contribution >= 4 is 5.91 Å². The molecule has 0 aliphatic heterocycles.